The second-order valence-corrected chi connectivity index (χ2v) is 9.21. The van der Waals surface area contributed by atoms with Gasteiger partial charge in [-0.1, -0.05) is 58.9 Å². The number of para-hydroxylation sites is 1. The third-order valence-corrected chi connectivity index (χ3v) is 4.84. The van der Waals surface area contributed by atoms with E-state index in [1.165, 1.54) is 0 Å². The van der Waals surface area contributed by atoms with Crippen molar-refractivity contribution in [3.63, 3.8) is 0 Å². The van der Waals surface area contributed by atoms with Crippen molar-refractivity contribution < 1.29 is 19.1 Å². The average molecular weight is 411 g/mol. The summed E-state index contributed by atoms with van der Waals surface area (Å²) in [4.78, 5) is 22.5. The van der Waals surface area contributed by atoms with Crippen LogP contribution in [0, 0.1) is 16.7 Å². The number of hydroxylamine groups is 1. The van der Waals surface area contributed by atoms with Gasteiger partial charge in [0.2, 0.25) is 5.88 Å². The molecule has 1 heterocycles. The van der Waals surface area contributed by atoms with Gasteiger partial charge in [-0.25, -0.2) is 4.98 Å². The first-order valence-electron chi connectivity index (χ1n) is 10.1. The van der Waals surface area contributed by atoms with E-state index in [4.69, 9.17) is 14.3 Å². The van der Waals surface area contributed by atoms with Gasteiger partial charge in [-0.05, 0) is 29.2 Å². The maximum absolute atomic E-state index is 12.6. The molecule has 6 heteroatoms. The lowest BCUT2D eigenvalue weighted by Crippen LogP contribution is -2.19. The zero-order valence-electron chi connectivity index (χ0n) is 18.3. The standard InChI is InChI=1S/C24H30N2O4/c1-23(2,3)16-29-25-14-19-21(24(19,4)5)22(27)28-15-17-10-9-13-20(26-17)30-18-11-7-6-8-12-18/h6-14,21,25H,15-16H2,1-5H3. The predicted octanol–water partition coefficient (Wildman–Crippen LogP) is 5.02. The SMILES string of the molecule is CC(C)(C)CONC=C1C(C(=O)OCc2cccc(Oc3ccccc3)n2)C1(C)C. The number of rotatable bonds is 8. The third-order valence-electron chi connectivity index (χ3n) is 4.84. The fourth-order valence-electron chi connectivity index (χ4n) is 3.07. The van der Waals surface area contributed by atoms with Gasteiger partial charge < -0.3 is 9.47 Å². The number of nitrogens with one attached hydrogen (secondary N) is 1. The molecular weight excluding hydrogens is 380 g/mol. The van der Waals surface area contributed by atoms with Crippen LogP contribution in [0.15, 0.2) is 60.3 Å². The summed E-state index contributed by atoms with van der Waals surface area (Å²) >= 11 is 0. The van der Waals surface area contributed by atoms with Crippen molar-refractivity contribution in [3.05, 3.63) is 66.0 Å². The lowest BCUT2D eigenvalue weighted by molar-refractivity contribution is -0.147. The van der Waals surface area contributed by atoms with Crippen molar-refractivity contribution in [3.8, 4) is 11.6 Å². The summed E-state index contributed by atoms with van der Waals surface area (Å²) < 4.78 is 11.2. The molecule has 3 rings (SSSR count). The number of hydrogen-bond acceptors (Lipinski definition) is 6. The van der Waals surface area contributed by atoms with Crippen LogP contribution in [0.5, 0.6) is 11.6 Å². The van der Waals surface area contributed by atoms with Gasteiger partial charge >= 0.3 is 5.97 Å². The second kappa shape index (κ2) is 8.88. The Hall–Kier alpha value is -2.86. The molecule has 0 amide bonds. The molecule has 0 aliphatic heterocycles. The first kappa shape index (κ1) is 21.8. The molecule has 160 valence electrons. The van der Waals surface area contributed by atoms with Crippen LogP contribution in [0.25, 0.3) is 0 Å². The number of carbonyl (C=O) groups excluding carboxylic acids is 1. The number of esters is 1. The van der Waals surface area contributed by atoms with Gasteiger partial charge in [-0.3, -0.25) is 15.1 Å². The summed E-state index contributed by atoms with van der Waals surface area (Å²) in [6, 6.07) is 14.8. The molecule has 1 saturated carbocycles. The Bertz CT molecular complexity index is 901. The number of ether oxygens (including phenoxy) is 2. The fraction of sp³-hybridized carbons (Fsp3) is 0.417. The van der Waals surface area contributed by atoms with Gasteiger partial charge in [0.05, 0.1) is 18.2 Å². The van der Waals surface area contributed by atoms with E-state index >= 15 is 0 Å². The molecule has 0 spiro atoms. The van der Waals surface area contributed by atoms with Crippen molar-refractivity contribution in [2.75, 3.05) is 6.61 Å². The molecule has 6 nitrogen and oxygen atoms in total. The van der Waals surface area contributed by atoms with E-state index in [0.29, 0.717) is 23.9 Å². The summed E-state index contributed by atoms with van der Waals surface area (Å²) in [6.45, 7) is 11.0. The summed E-state index contributed by atoms with van der Waals surface area (Å²) in [5.41, 5.74) is 4.27. The zero-order chi connectivity index (χ0) is 21.8. The number of nitrogens with zero attached hydrogens (tertiary/aromatic N) is 1. The number of hydrogen-bond donors (Lipinski definition) is 1. The van der Waals surface area contributed by atoms with Crippen molar-refractivity contribution in [1.82, 2.24) is 10.5 Å². The van der Waals surface area contributed by atoms with Gasteiger partial charge in [0, 0.05) is 17.7 Å². The predicted molar refractivity (Wildman–Crippen MR) is 114 cm³/mol. The quantitative estimate of drug-likeness (QED) is 0.374. The summed E-state index contributed by atoms with van der Waals surface area (Å²) in [5.74, 6) is 0.615. The molecule has 30 heavy (non-hydrogen) atoms. The number of pyridine rings is 1. The molecule has 1 aromatic carbocycles. The molecule has 1 N–H and O–H groups in total. The van der Waals surface area contributed by atoms with Crippen LogP contribution in [-0.4, -0.2) is 17.6 Å². The normalized spacial score (nSPS) is 18.7. The lowest BCUT2D eigenvalue weighted by atomic mass is 9.99. The fourth-order valence-corrected chi connectivity index (χ4v) is 3.07. The monoisotopic (exact) mass is 410 g/mol. The van der Waals surface area contributed by atoms with Crippen molar-refractivity contribution >= 4 is 5.97 Å². The van der Waals surface area contributed by atoms with Crippen molar-refractivity contribution in [2.45, 2.75) is 41.2 Å². The molecule has 0 radical (unpaired) electrons. The highest BCUT2D eigenvalue weighted by Gasteiger charge is 2.58. The lowest BCUT2D eigenvalue weighted by Gasteiger charge is -2.16. The third kappa shape index (κ3) is 5.83. The maximum atomic E-state index is 12.6. The van der Waals surface area contributed by atoms with Crippen LogP contribution >= 0.6 is 0 Å². The van der Waals surface area contributed by atoms with Crippen LogP contribution in [0.3, 0.4) is 0 Å². The second-order valence-electron chi connectivity index (χ2n) is 9.21. The van der Waals surface area contributed by atoms with Crippen molar-refractivity contribution in [2.24, 2.45) is 16.7 Å². The topological polar surface area (TPSA) is 69.7 Å². The summed E-state index contributed by atoms with van der Waals surface area (Å²) in [6.07, 6.45) is 1.77. The Labute approximate surface area is 178 Å². The van der Waals surface area contributed by atoms with Gasteiger partial charge in [-0.15, -0.1) is 0 Å². The Morgan fingerprint density at radius 2 is 1.87 bits per heavy atom. The maximum Gasteiger partial charge on any atom is 0.314 e. The van der Waals surface area contributed by atoms with Crippen LogP contribution in [0.1, 0.15) is 40.3 Å². The first-order valence-corrected chi connectivity index (χ1v) is 10.1. The highest BCUT2D eigenvalue weighted by Crippen LogP contribution is 2.58. The van der Waals surface area contributed by atoms with E-state index in [9.17, 15) is 4.79 Å². The van der Waals surface area contributed by atoms with E-state index in [1.54, 1.807) is 12.3 Å². The summed E-state index contributed by atoms with van der Waals surface area (Å²) in [5, 5.41) is 0. The van der Waals surface area contributed by atoms with E-state index in [2.05, 4.69) is 31.2 Å². The molecule has 1 aliphatic carbocycles. The average Bonchev–Trinajstić information content (AvgIpc) is 3.24. The zero-order valence-corrected chi connectivity index (χ0v) is 18.3. The molecule has 1 fully saturated rings. The van der Waals surface area contributed by atoms with E-state index in [0.717, 1.165) is 5.57 Å². The Balaban J connectivity index is 1.52. The molecule has 2 aromatic rings. The highest BCUT2D eigenvalue weighted by atomic mass is 16.6. The molecule has 0 bridgehead atoms. The summed E-state index contributed by atoms with van der Waals surface area (Å²) in [7, 11) is 0. The first-order chi connectivity index (χ1) is 14.2. The number of benzene rings is 1. The van der Waals surface area contributed by atoms with Crippen LogP contribution in [-0.2, 0) is 21.0 Å². The minimum Gasteiger partial charge on any atom is -0.459 e. The van der Waals surface area contributed by atoms with Crippen molar-refractivity contribution in [1.29, 1.82) is 0 Å². The minimum atomic E-state index is -0.285. The smallest absolute Gasteiger partial charge is 0.314 e. The minimum absolute atomic E-state index is 0.0642. The molecule has 1 atom stereocenters. The molecule has 1 aromatic heterocycles. The van der Waals surface area contributed by atoms with Gasteiger partial charge in [-0.2, -0.15) is 0 Å². The Kier molecular flexibility index (Phi) is 6.46. The molecule has 0 saturated heterocycles. The van der Waals surface area contributed by atoms with Gasteiger partial charge in [0.1, 0.15) is 12.4 Å². The number of carbonyl (C=O) groups is 1. The molecule has 1 aliphatic rings. The van der Waals surface area contributed by atoms with Gasteiger partial charge in [0.15, 0.2) is 0 Å². The number of aromatic nitrogens is 1. The van der Waals surface area contributed by atoms with Crippen LogP contribution in [0.4, 0.5) is 0 Å². The van der Waals surface area contributed by atoms with E-state index in [1.807, 2.05) is 56.3 Å². The van der Waals surface area contributed by atoms with E-state index in [-0.39, 0.29) is 29.3 Å². The Morgan fingerprint density at radius 1 is 1.13 bits per heavy atom. The van der Waals surface area contributed by atoms with E-state index < -0.39 is 0 Å². The Morgan fingerprint density at radius 3 is 2.57 bits per heavy atom. The highest BCUT2D eigenvalue weighted by molar-refractivity contribution is 5.83. The molecular formula is C24H30N2O4. The molecule has 1 unspecified atom stereocenters. The largest absolute Gasteiger partial charge is 0.459 e. The van der Waals surface area contributed by atoms with Gasteiger partial charge in [0.25, 0.3) is 0 Å². The van der Waals surface area contributed by atoms with Crippen LogP contribution < -0.4 is 10.2 Å². The van der Waals surface area contributed by atoms with Crippen LogP contribution in [0.2, 0.25) is 0 Å².